The number of imidazole rings is 1. The smallest absolute Gasteiger partial charge is 0.231 e. The van der Waals surface area contributed by atoms with Crippen molar-refractivity contribution in [3.8, 4) is 17.3 Å². The van der Waals surface area contributed by atoms with Crippen molar-refractivity contribution in [1.29, 1.82) is 5.26 Å². The topological polar surface area (TPSA) is 96.7 Å². The molecule has 1 aromatic carbocycles. The number of hydrogen-bond acceptors (Lipinski definition) is 5. The van der Waals surface area contributed by atoms with Gasteiger partial charge in [-0.3, -0.25) is 4.79 Å². The Morgan fingerprint density at radius 3 is 2.71 bits per heavy atom. The van der Waals surface area contributed by atoms with E-state index in [1.807, 2.05) is 44.2 Å². The van der Waals surface area contributed by atoms with Gasteiger partial charge in [0.05, 0.1) is 23.7 Å². The average molecular weight is 343 g/mol. The highest BCUT2D eigenvalue weighted by atomic mass is 32.2. The van der Waals surface area contributed by atoms with Crippen molar-refractivity contribution < 1.29 is 4.79 Å². The fourth-order valence-corrected chi connectivity index (χ4v) is 2.69. The summed E-state index contributed by atoms with van der Waals surface area (Å²) in [5, 5.41) is 12.6. The van der Waals surface area contributed by atoms with Crippen LogP contribution in [0.1, 0.15) is 20.8 Å². The van der Waals surface area contributed by atoms with E-state index < -0.39 is 5.54 Å². The van der Waals surface area contributed by atoms with Crippen molar-refractivity contribution in [1.82, 2.24) is 15.0 Å². The van der Waals surface area contributed by atoms with Gasteiger partial charge in [-0.2, -0.15) is 5.26 Å². The Bertz CT molecular complexity index is 750. The molecule has 0 saturated heterocycles. The lowest BCUT2D eigenvalue weighted by molar-refractivity contribution is -0.120. The lowest BCUT2D eigenvalue weighted by atomic mass is 9.90. The lowest BCUT2D eigenvalue weighted by Crippen LogP contribution is -2.49. The van der Waals surface area contributed by atoms with Crippen LogP contribution in [-0.2, 0) is 4.79 Å². The Balaban J connectivity index is 2.01. The van der Waals surface area contributed by atoms with Gasteiger partial charge in [-0.05, 0) is 12.8 Å². The van der Waals surface area contributed by atoms with Gasteiger partial charge in [0.15, 0.2) is 5.16 Å². The molecule has 0 bridgehead atoms. The monoisotopic (exact) mass is 343 g/mol. The Morgan fingerprint density at radius 1 is 1.46 bits per heavy atom. The van der Waals surface area contributed by atoms with Gasteiger partial charge in [0, 0.05) is 5.56 Å². The SMILES string of the molecule is CC(C)[C@@](C)(C#N)NC(=O)CSc1nc(-c2ccccc2)cn1N. The van der Waals surface area contributed by atoms with Crippen LogP contribution in [-0.4, -0.2) is 26.9 Å². The third-order valence-electron chi connectivity index (χ3n) is 3.89. The summed E-state index contributed by atoms with van der Waals surface area (Å²) >= 11 is 1.24. The second-order valence-corrected chi connectivity index (χ2v) is 6.93. The number of rotatable bonds is 6. The quantitative estimate of drug-likeness (QED) is 0.620. The fraction of sp³-hybridized carbons (Fsp3) is 0.353. The molecule has 2 rings (SSSR count). The van der Waals surface area contributed by atoms with Crippen LogP contribution in [0.5, 0.6) is 0 Å². The van der Waals surface area contributed by atoms with E-state index in [1.165, 1.54) is 16.4 Å². The second kappa shape index (κ2) is 7.41. The molecular weight excluding hydrogens is 322 g/mol. The Morgan fingerprint density at radius 2 is 2.12 bits per heavy atom. The van der Waals surface area contributed by atoms with Crippen molar-refractivity contribution in [2.45, 2.75) is 31.5 Å². The first-order valence-electron chi connectivity index (χ1n) is 7.60. The summed E-state index contributed by atoms with van der Waals surface area (Å²) in [4.78, 5) is 16.6. The second-order valence-electron chi connectivity index (χ2n) is 5.99. The molecule has 6 nitrogen and oxygen atoms in total. The van der Waals surface area contributed by atoms with Crippen molar-refractivity contribution >= 4 is 17.7 Å². The van der Waals surface area contributed by atoms with E-state index in [0.29, 0.717) is 5.16 Å². The zero-order chi connectivity index (χ0) is 17.7. The lowest BCUT2D eigenvalue weighted by Gasteiger charge is -2.27. The Kier molecular flexibility index (Phi) is 5.52. The molecule has 0 spiro atoms. The molecule has 7 heteroatoms. The van der Waals surface area contributed by atoms with E-state index in [2.05, 4.69) is 16.4 Å². The largest absolute Gasteiger partial charge is 0.337 e. The number of nitrogens with two attached hydrogens (primary N) is 1. The van der Waals surface area contributed by atoms with Crippen molar-refractivity contribution in [3.05, 3.63) is 36.5 Å². The zero-order valence-electron chi connectivity index (χ0n) is 14.0. The molecule has 1 amide bonds. The number of nitrogens with one attached hydrogen (secondary N) is 1. The number of nitriles is 1. The molecule has 0 aliphatic rings. The minimum Gasteiger partial charge on any atom is -0.337 e. The highest BCUT2D eigenvalue weighted by Crippen LogP contribution is 2.23. The fourth-order valence-electron chi connectivity index (χ4n) is 1.99. The third kappa shape index (κ3) is 4.09. The maximum absolute atomic E-state index is 12.1. The summed E-state index contributed by atoms with van der Waals surface area (Å²) < 4.78 is 1.41. The van der Waals surface area contributed by atoms with E-state index in [1.54, 1.807) is 13.1 Å². The number of aromatic nitrogens is 2. The van der Waals surface area contributed by atoms with Gasteiger partial charge in [0.2, 0.25) is 5.91 Å². The number of nitrogen functional groups attached to an aromatic ring is 1. The van der Waals surface area contributed by atoms with Crippen LogP contribution >= 0.6 is 11.8 Å². The van der Waals surface area contributed by atoms with Gasteiger partial charge in [0.1, 0.15) is 5.54 Å². The normalized spacial score (nSPS) is 13.3. The summed E-state index contributed by atoms with van der Waals surface area (Å²) in [7, 11) is 0. The summed E-state index contributed by atoms with van der Waals surface area (Å²) in [6.07, 6.45) is 1.73. The molecule has 24 heavy (non-hydrogen) atoms. The third-order valence-corrected chi connectivity index (χ3v) is 4.85. The molecular formula is C17H21N5OS. The molecule has 3 N–H and O–H groups in total. The predicted molar refractivity (Wildman–Crippen MR) is 95.5 cm³/mol. The van der Waals surface area contributed by atoms with Crippen LogP contribution in [0.15, 0.2) is 41.7 Å². The molecule has 0 radical (unpaired) electrons. The molecule has 0 aliphatic heterocycles. The number of carbonyl (C=O) groups is 1. The van der Waals surface area contributed by atoms with Gasteiger partial charge in [-0.25, -0.2) is 9.66 Å². The molecule has 126 valence electrons. The van der Waals surface area contributed by atoms with E-state index in [9.17, 15) is 10.1 Å². The van der Waals surface area contributed by atoms with Gasteiger partial charge >= 0.3 is 0 Å². The van der Waals surface area contributed by atoms with Gasteiger partial charge < -0.3 is 11.2 Å². The highest BCUT2D eigenvalue weighted by Gasteiger charge is 2.29. The molecule has 0 saturated carbocycles. The average Bonchev–Trinajstić information content (AvgIpc) is 2.94. The van der Waals surface area contributed by atoms with Crippen LogP contribution in [0.3, 0.4) is 0 Å². The molecule has 0 fully saturated rings. The zero-order valence-corrected chi connectivity index (χ0v) is 14.8. The number of benzene rings is 1. The van der Waals surface area contributed by atoms with Gasteiger partial charge in [0.25, 0.3) is 0 Å². The number of amides is 1. The summed E-state index contributed by atoms with van der Waals surface area (Å²) in [5.74, 6) is 5.85. The molecule has 1 heterocycles. The van der Waals surface area contributed by atoms with E-state index >= 15 is 0 Å². The van der Waals surface area contributed by atoms with Crippen LogP contribution in [0, 0.1) is 17.2 Å². The van der Waals surface area contributed by atoms with Gasteiger partial charge in [-0.1, -0.05) is 55.9 Å². The van der Waals surface area contributed by atoms with E-state index in [-0.39, 0.29) is 17.6 Å². The minimum absolute atomic E-state index is 0.0117. The minimum atomic E-state index is -0.884. The summed E-state index contributed by atoms with van der Waals surface area (Å²) in [6.45, 7) is 5.52. The van der Waals surface area contributed by atoms with Crippen LogP contribution < -0.4 is 11.2 Å². The van der Waals surface area contributed by atoms with E-state index in [4.69, 9.17) is 5.84 Å². The summed E-state index contributed by atoms with van der Waals surface area (Å²) in [5.41, 5.74) is 0.834. The molecule has 1 atom stereocenters. The Labute approximate surface area is 146 Å². The van der Waals surface area contributed by atoms with Crippen molar-refractivity contribution in [2.75, 3.05) is 11.6 Å². The first-order valence-corrected chi connectivity index (χ1v) is 8.59. The number of nitrogens with zero attached hydrogens (tertiary/aromatic N) is 3. The maximum Gasteiger partial charge on any atom is 0.231 e. The van der Waals surface area contributed by atoms with Crippen molar-refractivity contribution in [2.24, 2.45) is 5.92 Å². The molecule has 2 aromatic rings. The highest BCUT2D eigenvalue weighted by molar-refractivity contribution is 7.99. The molecule has 0 unspecified atom stereocenters. The molecule has 1 aromatic heterocycles. The first kappa shape index (κ1) is 17.9. The number of hydrogen-bond donors (Lipinski definition) is 2. The number of thioether (sulfide) groups is 1. The van der Waals surface area contributed by atoms with Crippen LogP contribution in [0.4, 0.5) is 0 Å². The summed E-state index contributed by atoms with van der Waals surface area (Å²) in [6, 6.07) is 11.9. The maximum atomic E-state index is 12.1. The van der Waals surface area contributed by atoms with Crippen LogP contribution in [0.2, 0.25) is 0 Å². The molecule has 0 aliphatic carbocycles. The van der Waals surface area contributed by atoms with Gasteiger partial charge in [-0.15, -0.1) is 0 Å². The van der Waals surface area contributed by atoms with E-state index in [0.717, 1.165) is 11.3 Å². The first-order chi connectivity index (χ1) is 11.4. The standard InChI is InChI=1S/C17H21N5OS/c1-12(2)17(3,11-18)21-15(23)10-24-16-20-14(9-22(16)19)13-7-5-4-6-8-13/h4-9,12H,10,19H2,1-3H3,(H,21,23)/t17-/m1/s1. The van der Waals surface area contributed by atoms with Crippen molar-refractivity contribution in [3.63, 3.8) is 0 Å². The number of carbonyl (C=O) groups excluding carboxylic acids is 1. The predicted octanol–water partition coefficient (Wildman–Crippen LogP) is 2.41. The van der Waals surface area contributed by atoms with Crippen LogP contribution in [0.25, 0.3) is 11.3 Å². The Hall–Kier alpha value is -2.46.